The van der Waals surface area contributed by atoms with Gasteiger partial charge in [-0.1, -0.05) is 29.8 Å². The molecule has 0 spiro atoms. The number of sulfonamides is 1. The van der Waals surface area contributed by atoms with Gasteiger partial charge in [0.15, 0.2) is 11.5 Å². The third-order valence-corrected chi connectivity index (χ3v) is 6.69. The van der Waals surface area contributed by atoms with Crippen molar-refractivity contribution in [3.63, 3.8) is 0 Å². The van der Waals surface area contributed by atoms with Crippen LogP contribution >= 0.6 is 11.6 Å². The molecule has 1 aliphatic rings. The Kier molecular flexibility index (Phi) is 8.54. The quantitative estimate of drug-likeness (QED) is 0.512. The fourth-order valence-corrected chi connectivity index (χ4v) is 4.52. The Morgan fingerprint density at radius 1 is 1.12 bits per heavy atom. The molecule has 1 aliphatic heterocycles. The minimum atomic E-state index is -3.87. The van der Waals surface area contributed by atoms with Gasteiger partial charge in [-0.05, 0) is 23.8 Å². The lowest BCUT2D eigenvalue weighted by atomic mass is 10.0. The van der Waals surface area contributed by atoms with Crippen molar-refractivity contribution in [2.75, 3.05) is 26.9 Å². The molecule has 0 bridgehead atoms. The molecule has 2 aromatic rings. The Morgan fingerprint density at radius 3 is 2.58 bits per heavy atom. The number of hydrogen-bond donors (Lipinski definition) is 2. The average Bonchev–Trinajstić information content (AvgIpc) is 3.03. The number of esters is 1. The molecular formula is C22H25ClN2O7S. The van der Waals surface area contributed by atoms with Crippen molar-refractivity contribution in [2.24, 2.45) is 0 Å². The predicted octanol–water partition coefficient (Wildman–Crippen LogP) is 2.59. The Balaban J connectivity index is 1.60. The van der Waals surface area contributed by atoms with Crippen molar-refractivity contribution >= 4 is 33.5 Å². The van der Waals surface area contributed by atoms with Gasteiger partial charge in [0.1, 0.15) is 0 Å². The summed E-state index contributed by atoms with van der Waals surface area (Å²) in [4.78, 5) is 24.3. The molecule has 2 aromatic carbocycles. The Labute approximate surface area is 197 Å². The van der Waals surface area contributed by atoms with Gasteiger partial charge in [0.2, 0.25) is 15.9 Å². The smallest absolute Gasteiger partial charge is 0.307 e. The van der Waals surface area contributed by atoms with Gasteiger partial charge in [-0.25, -0.2) is 13.1 Å². The van der Waals surface area contributed by atoms with Gasteiger partial charge in [-0.3, -0.25) is 9.59 Å². The molecule has 1 heterocycles. The first-order valence-electron chi connectivity index (χ1n) is 10.3. The van der Waals surface area contributed by atoms with E-state index in [4.69, 9.17) is 25.8 Å². The van der Waals surface area contributed by atoms with Gasteiger partial charge in [-0.2, -0.15) is 0 Å². The van der Waals surface area contributed by atoms with Crippen molar-refractivity contribution in [3.8, 4) is 11.5 Å². The maximum atomic E-state index is 12.6. The molecule has 0 aromatic heterocycles. The first-order chi connectivity index (χ1) is 15.8. The lowest BCUT2D eigenvalue weighted by Crippen LogP contribution is -2.34. The second-order valence-corrected chi connectivity index (χ2v) is 9.40. The number of nitrogens with one attached hydrogen (secondary N) is 2. The summed E-state index contributed by atoms with van der Waals surface area (Å²) in [6.07, 6.45) is 0.441. The van der Waals surface area contributed by atoms with Crippen LogP contribution in [0.15, 0.2) is 47.4 Å². The van der Waals surface area contributed by atoms with E-state index in [1.807, 2.05) is 0 Å². The summed E-state index contributed by atoms with van der Waals surface area (Å²) < 4.78 is 43.4. The van der Waals surface area contributed by atoms with Gasteiger partial charge in [-0.15, -0.1) is 0 Å². The monoisotopic (exact) mass is 496 g/mol. The maximum Gasteiger partial charge on any atom is 0.307 e. The van der Waals surface area contributed by atoms with Gasteiger partial charge in [0.25, 0.3) is 0 Å². The zero-order valence-corrected chi connectivity index (χ0v) is 19.6. The highest BCUT2D eigenvalue weighted by atomic mass is 35.5. The van der Waals surface area contributed by atoms with Gasteiger partial charge in [0, 0.05) is 30.5 Å². The van der Waals surface area contributed by atoms with E-state index in [0.717, 1.165) is 0 Å². The number of carbonyl (C=O) groups is 2. The van der Waals surface area contributed by atoms with Gasteiger partial charge in [0.05, 0.1) is 37.7 Å². The van der Waals surface area contributed by atoms with Crippen molar-refractivity contribution in [1.29, 1.82) is 0 Å². The van der Waals surface area contributed by atoms with Crippen LogP contribution in [0.4, 0.5) is 0 Å². The molecule has 0 aliphatic carbocycles. The minimum Gasteiger partial charge on any atom is -0.490 e. The first kappa shape index (κ1) is 24.8. The zero-order chi connectivity index (χ0) is 23.8. The summed E-state index contributed by atoms with van der Waals surface area (Å²) in [7, 11) is -2.62. The summed E-state index contributed by atoms with van der Waals surface area (Å²) in [5.41, 5.74) is 0.561. The van der Waals surface area contributed by atoms with E-state index in [0.29, 0.717) is 41.7 Å². The summed E-state index contributed by atoms with van der Waals surface area (Å²) in [6.45, 7) is 0.788. The zero-order valence-electron chi connectivity index (χ0n) is 18.0. The normalized spacial score (nSPS) is 14.1. The summed E-state index contributed by atoms with van der Waals surface area (Å²) >= 11 is 6.21. The van der Waals surface area contributed by atoms with Crippen LogP contribution in [0.5, 0.6) is 11.5 Å². The highest BCUT2D eigenvalue weighted by molar-refractivity contribution is 7.89. The van der Waals surface area contributed by atoms with E-state index < -0.39 is 27.9 Å². The maximum absolute atomic E-state index is 12.6. The molecule has 0 radical (unpaired) electrons. The second-order valence-electron chi connectivity index (χ2n) is 7.23. The summed E-state index contributed by atoms with van der Waals surface area (Å²) in [5.74, 6) is -0.124. The highest BCUT2D eigenvalue weighted by Gasteiger charge is 2.22. The molecule has 1 unspecified atom stereocenters. The molecule has 33 heavy (non-hydrogen) atoms. The van der Waals surface area contributed by atoms with Crippen LogP contribution in [0, 0.1) is 0 Å². The SMILES string of the molecule is COC(=O)CC(NC(=O)CCNS(=O)(=O)c1ccc2c(c1)OCCCO2)c1ccccc1Cl. The van der Waals surface area contributed by atoms with E-state index in [-0.39, 0.29) is 24.3 Å². The highest BCUT2D eigenvalue weighted by Crippen LogP contribution is 2.32. The van der Waals surface area contributed by atoms with Crippen LogP contribution in [0.25, 0.3) is 0 Å². The number of amides is 1. The van der Waals surface area contributed by atoms with E-state index in [1.165, 1.54) is 19.2 Å². The van der Waals surface area contributed by atoms with Crippen LogP contribution in [-0.2, 0) is 24.3 Å². The number of methoxy groups -OCH3 is 1. The third kappa shape index (κ3) is 6.83. The molecule has 178 valence electrons. The average molecular weight is 497 g/mol. The topological polar surface area (TPSA) is 120 Å². The molecule has 0 saturated carbocycles. The molecule has 11 heteroatoms. The Hall–Kier alpha value is -2.82. The number of halogens is 1. The molecular weight excluding hydrogens is 472 g/mol. The van der Waals surface area contributed by atoms with Crippen LogP contribution < -0.4 is 19.5 Å². The van der Waals surface area contributed by atoms with E-state index >= 15 is 0 Å². The lowest BCUT2D eigenvalue weighted by molar-refractivity contribution is -0.141. The molecule has 3 rings (SSSR count). The largest absolute Gasteiger partial charge is 0.490 e. The lowest BCUT2D eigenvalue weighted by Gasteiger charge is -2.19. The van der Waals surface area contributed by atoms with Crippen LogP contribution in [0.1, 0.15) is 30.9 Å². The molecule has 0 fully saturated rings. The fourth-order valence-electron chi connectivity index (χ4n) is 3.21. The Bertz CT molecular complexity index is 1110. The number of hydrogen-bond acceptors (Lipinski definition) is 7. The molecule has 2 N–H and O–H groups in total. The number of fused-ring (bicyclic) bond motifs is 1. The standard InChI is InChI=1S/C22H25ClN2O7S/c1-30-22(27)14-18(16-5-2-3-6-17(16)23)25-21(26)9-10-24-33(28,29)15-7-8-19-20(13-15)32-12-4-11-31-19/h2-3,5-8,13,18,24H,4,9-12,14H2,1H3,(H,25,26). The third-order valence-electron chi connectivity index (χ3n) is 4.89. The fraction of sp³-hybridized carbons (Fsp3) is 0.364. The molecule has 0 saturated heterocycles. The number of carbonyl (C=O) groups excluding carboxylic acids is 2. The van der Waals surface area contributed by atoms with Crippen molar-refractivity contribution in [2.45, 2.75) is 30.2 Å². The molecule has 1 amide bonds. The second kappa shape index (κ2) is 11.4. The number of ether oxygens (including phenoxy) is 3. The van der Waals surface area contributed by atoms with Crippen LogP contribution in [-0.4, -0.2) is 47.2 Å². The van der Waals surface area contributed by atoms with E-state index in [1.54, 1.807) is 30.3 Å². The Morgan fingerprint density at radius 2 is 1.85 bits per heavy atom. The minimum absolute atomic E-state index is 0.00629. The van der Waals surface area contributed by atoms with Crippen molar-refractivity contribution < 1.29 is 32.2 Å². The molecule has 1 atom stereocenters. The number of benzene rings is 2. The summed E-state index contributed by atoms with van der Waals surface area (Å²) in [6, 6.07) is 10.5. The first-order valence-corrected chi connectivity index (χ1v) is 12.2. The van der Waals surface area contributed by atoms with E-state index in [2.05, 4.69) is 10.0 Å². The van der Waals surface area contributed by atoms with Crippen LogP contribution in [0.2, 0.25) is 5.02 Å². The molecule has 9 nitrogen and oxygen atoms in total. The van der Waals surface area contributed by atoms with Crippen molar-refractivity contribution in [1.82, 2.24) is 10.0 Å². The summed E-state index contributed by atoms with van der Waals surface area (Å²) in [5, 5.41) is 3.11. The predicted molar refractivity (Wildman–Crippen MR) is 121 cm³/mol. The van der Waals surface area contributed by atoms with Crippen LogP contribution in [0.3, 0.4) is 0 Å². The van der Waals surface area contributed by atoms with Gasteiger partial charge < -0.3 is 19.5 Å². The van der Waals surface area contributed by atoms with Gasteiger partial charge >= 0.3 is 5.97 Å². The van der Waals surface area contributed by atoms with Crippen molar-refractivity contribution in [3.05, 3.63) is 53.1 Å². The number of rotatable bonds is 9. The van der Waals surface area contributed by atoms with E-state index in [9.17, 15) is 18.0 Å².